The van der Waals surface area contributed by atoms with Crippen LogP contribution in [0.15, 0.2) is 4.99 Å². The second kappa shape index (κ2) is 7.84. The molecule has 0 aliphatic carbocycles. The number of hydrogen-bond acceptors (Lipinski definition) is 3. The third kappa shape index (κ3) is 4.18. The number of aliphatic imine (C=N–C) groups is 1. The van der Waals surface area contributed by atoms with Crippen molar-refractivity contribution in [2.45, 2.75) is 77.2 Å². The fraction of sp³-hybridized carbons (Fsp3) is 0.944. The summed E-state index contributed by atoms with van der Waals surface area (Å²) < 4.78 is 5.96. The molecule has 2 N–H and O–H groups in total. The maximum Gasteiger partial charge on any atom is 0.191 e. The largest absolute Gasteiger partial charge is 0.373 e. The van der Waals surface area contributed by atoms with E-state index in [0.717, 1.165) is 25.5 Å². The molecule has 3 aliphatic rings. The molecule has 0 aromatic rings. The van der Waals surface area contributed by atoms with Crippen LogP contribution in [0.4, 0.5) is 0 Å². The molecule has 2 bridgehead atoms. The van der Waals surface area contributed by atoms with E-state index in [0.29, 0.717) is 30.2 Å². The highest BCUT2D eigenvalue weighted by molar-refractivity contribution is 5.80. The van der Waals surface area contributed by atoms with E-state index in [1.165, 1.54) is 38.8 Å². The molecule has 4 atom stereocenters. The van der Waals surface area contributed by atoms with Gasteiger partial charge in [0, 0.05) is 12.6 Å². The summed E-state index contributed by atoms with van der Waals surface area (Å²) >= 11 is 0. The Kier molecular flexibility index (Phi) is 5.81. The first-order valence-electron chi connectivity index (χ1n) is 9.61. The highest BCUT2D eigenvalue weighted by Gasteiger charge is 2.41. The molecule has 0 aromatic heterocycles. The van der Waals surface area contributed by atoms with E-state index >= 15 is 0 Å². The predicted octanol–water partition coefficient (Wildman–Crippen LogP) is 1.98. The van der Waals surface area contributed by atoms with Gasteiger partial charge in [0.15, 0.2) is 5.96 Å². The highest BCUT2D eigenvalue weighted by Crippen LogP contribution is 2.34. The van der Waals surface area contributed by atoms with Crippen LogP contribution >= 0.6 is 0 Å². The van der Waals surface area contributed by atoms with Crippen LogP contribution in [0, 0.1) is 5.92 Å². The Morgan fingerprint density at radius 1 is 1.26 bits per heavy atom. The maximum atomic E-state index is 5.96. The molecule has 0 aromatic carbocycles. The van der Waals surface area contributed by atoms with E-state index in [2.05, 4.69) is 36.3 Å². The van der Waals surface area contributed by atoms with Gasteiger partial charge in [-0.15, -0.1) is 0 Å². The molecule has 3 heterocycles. The fourth-order valence-corrected chi connectivity index (χ4v) is 4.29. The van der Waals surface area contributed by atoms with Crippen LogP contribution in [0.1, 0.15) is 52.9 Å². The molecule has 132 valence electrons. The van der Waals surface area contributed by atoms with Crippen molar-refractivity contribution in [2.75, 3.05) is 26.2 Å². The summed E-state index contributed by atoms with van der Waals surface area (Å²) in [6, 6.07) is 1.00. The van der Waals surface area contributed by atoms with Crippen molar-refractivity contribution in [3.8, 4) is 0 Å². The zero-order valence-corrected chi connectivity index (χ0v) is 15.1. The van der Waals surface area contributed by atoms with E-state index in [4.69, 9.17) is 9.73 Å². The van der Waals surface area contributed by atoms with Gasteiger partial charge >= 0.3 is 0 Å². The number of nitrogens with zero attached hydrogens (tertiary/aromatic N) is 2. The molecule has 3 fully saturated rings. The molecule has 0 amide bonds. The van der Waals surface area contributed by atoms with Crippen molar-refractivity contribution >= 4 is 5.96 Å². The summed E-state index contributed by atoms with van der Waals surface area (Å²) in [5.74, 6) is 1.61. The van der Waals surface area contributed by atoms with Crippen LogP contribution in [0.2, 0.25) is 0 Å². The number of guanidine groups is 1. The molecule has 0 saturated carbocycles. The molecule has 4 unspecified atom stereocenters. The standard InChI is InChI=1S/C18H34N4O/c1-4-19-18(21-15-11-14-7-8-17(15)23-14)20-12-16(13(2)3)22-9-5-6-10-22/h13-17H,4-12H2,1-3H3,(H2,19,20,21). The Hall–Kier alpha value is -0.810. The molecule has 3 aliphatic heterocycles. The van der Waals surface area contributed by atoms with Crippen LogP contribution in [0.5, 0.6) is 0 Å². The Bertz CT molecular complexity index is 406. The lowest BCUT2D eigenvalue weighted by Gasteiger charge is -2.30. The van der Waals surface area contributed by atoms with Crippen LogP contribution in [-0.4, -0.2) is 61.3 Å². The molecule has 23 heavy (non-hydrogen) atoms. The average molecular weight is 322 g/mol. The van der Waals surface area contributed by atoms with E-state index in [1.54, 1.807) is 0 Å². The Morgan fingerprint density at radius 2 is 2.04 bits per heavy atom. The summed E-state index contributed by atoms with van der Waals surface area (Å²) in [4.78, 5) is 7.55. The molecule has 0 radical (unpaired) electrons. The average Bonchev–Trinajstić information content (AvgIpc) is 3.25. The van der Waals surface area contributed by atoms with Gasteiger partial charge in [-0.2, -0.15) is 0 Å². The first-order chi connectivity index (χ1) is 11.2. The summed E-state index contributed by atoms with van der Waals surface area (Å²) in [5, 5.41) is 7.05. The van der Waals surface area contributed by atoms with Crippen molar-refractivity contribution in [1.82, 2.24) is 15.5 Å². The van der Waals surface area contributed by atoms with Gasteiger partial charge in [-0.05, 0) is 58.0 Å². The molecule has 3 saturated heterocycles. The lowest BCUT2D eigenvalue weighted by Crippen LogP contribution is -2.48. The first-order valence-corrected chi connectivity index (χ1v) is 9.61. The van der Waals surface area contributed by atoms with Crippen molar-refractivity contribution in [3.63, 3.8) is 0 Å². The number of likely N-dealkylation sites (tertiary alicyclic amines) is 1. The van der Waals surface area contributed by atoms with Gasteiger partial charge in [-0.3, -0.25) is 9.89 Å². The summed E-state index contributed by atoms with van der Waals surface area (Å²) in [5.41, 5.74) is 0. The molecule has 3 rings (SSSR count). The van der Waals surface area contributed by atoms with Gasteiger partial charge in [0.2, 0.25) is 0 Å². The van der Waals surface area contributed by atoms with E-state index < -0.39 is 0 Å². The van der Waals surface area contributed by atoms with Crippen molar-refractivity contribution in [1.29, 1.82) is 0 Å². The summed E-state index contributed by atoms with van der Waals surface area (Å²) in [6.07, 6.45) is 7.12. The van der Waals surface area contributed by atoms with Crippen LogP contribution in [-0.2, 0) is 4.74 Å². The van der Waals surface area contributed by atoms with Gasteiger partial charge in [0.1, 0.15) is 0 Å². The molecular weight excluding hydrogens is 288 g/mol. The number of nitrogens with one attached hydrogen (secondary N) is 2. The van der Waals surface area contributed by atoms with E-state index in [-0.39, 0.29) is 0 Å². The van der Waals surface area contributed by atoms with Crippen LogP contribution in [0.25, 0.3) is 0 Å². The Balaban J connectivity index is 1.58. The second-order valence-electron chi connectivity index (χ2n) is 7.63. The zero-order chi connectivity index (χ0) is 16.2. The molecule has 0 spiro atoms. The van der Waals surface area contributed by atoms with Crippen molar-refractivity contribution in [3.05, 3.63) is 0 Å². The predicted molar refractivity (Wildman–Crippen MR) is 94.8 cm³/mol. The van der Waals surface area contributed by atoms with Crippen molar-refractivity contribution in [2.24, 2.45) is 10.9 Å². The third-order valence-corrected chi connectivity index (χ3v) is 5.59. The van der Waals surface area contributed by atoms with Gasteiger partial charge in [-0.25, -0.2) is 0 Å². The number of ether oxygens (including phenoxy) is 1. The van der Waals surface area contributed by atoms with Crippen molar-refractivity contribution < 1.29 is 4.74 Å². The number of hydrogen-bond donors (Lipinski definition) is 2. The van der Waals surface area contributed by atoms with Crippen LogP contribution < -0.4 is 10.6 Å². The van der Waals surface area contributed by atoms with Gasteiger partial charge in [0.25, 0.3) is 0 Å². The zero-order valence-electron chi connectivity index (χ0n) is 15.1. The minimum absolute atomic E-state index is 0.392. The monoisotopic (exact) mass is 322 g/mol. The molecular formula is C18H34N4O. The topological polar surface area (TPSA) is 48.9 Å². The highest BCUT2D eigenvalue weighted by atomic mass is 16.5. The minimum Gasteiger partial charge on any atom is -0.373 e. The van der Waals surface area contributed by atoms with Crippen LogP contribution in [0.3, 0.4) is 0 Å². The molecule has 5 nitrogen and oxygen atoms in total. The number of rotatable bonds is 6. The Labute approximate surface area is 141 Å². The molecule has 5 heteroatoms. The van der Waals surface area contributed by atoms with Gasteiger partial charge < -0.3 is 15.4 Å². The first kappa shape index (κ1) is 17.0. The quantitative estimate of drug-likeness (QED) is 0.580. The summed E-state index contributed by atoms with van der Waals surface area (Å²) in [6.45, 7) is 11.0. The lowest BCUT2D eigenvalue weighted by atomic mass is 9.96. The second-order valence-corrected chi connectivity index (χ2v) is 7.63. The fourth-order valence-electron chi connectivity index (χ4n) is 4.29. The minimum atomic E-state index is 0.392. The smallest absolute Gasteiger partial charge is 0.191 e. The van der Waals surface area contributed by atoms with Gasteiger partial charge in [0.05, 0.1) is 24.8 Å². The number of fused-ring (bicyclic) bond motifs is 2. The third-order valence-electron chi connectivity index (χ3n) is 5.59. The van der Waals surface area contributed by atoms with E-state index in [9.17, 15) is 0 Å². The van der Waals surface area contributed by atoms with Gasteiger partial charge in [-0.1, -0.05) is 13.8 Å². The SMILES string of the molecule is CCNC(=NCC(C(C)C)N1CCCC1)NC1CC2CCC1O2. The van der Waals surface area contributed by atoms with E-state index in [1.807, 2.05) is 0 Å². The summed E-state index contributed by atoms with van der Waals surface area (Å²) in [7, 11) is 0. The lowest BCUT2D eigenvalue weighted by molar-refractivity contribution is 0.0992. The normalized spacial score (nSPS) is 32.7. The maximum absolute atomic E-state index is 5.96. The Morgan fingerprint density at radius 3 is 2.61 bits per heavy atom.